The number of piperidine rings is 1. The van der Waals surface area contributed by atoms with Crippen LogP contribution in [0.1, 0.15) is 26.7 Å². The minimum absolute atomic E-state index is 0.0487. The summed E-state index contributed by atoms with van der Waals surface area (Å²) in [5, 5.41) is 2.92. The van der Waals surface area contributed by atoms with Gasteiger partial charge in [-0.15, -0.1) is 0 Å². The van der Waals surface area contributed by atoms with E-state index in [9.17, 15) is 14.4 Å². The summed E-state index contributed by atoms with van der Waals surface area (Å²) >= 11 is 0. The second-order valence-corrected chi connectivity index (χ2v) is 9.49. The molecule has 0 aromatic heterocycles. The molecule has 10 heteroatoms. The predicted molar refractivity (Wildman–Crippen MR) is 146 cm³/mol. The number of likely N-dealkylation sites (tertiary alicyclic amines) is 1. The van der Waals surface area contributed by atoms with Crippen LogP contribution in [0.5, 0.6) is 11.5 Å². The van der Waals surface area contributed by atoms with Gasteiger partial charge in [0.1, 0.15) is 23.6 Å². The lowest BCUT2D eigenvalue weighted by atomic mass is 9.85. The van der Waals surface area contributed by atoms with Gasteiger partial charge in [-0.3, -0.25) is 9.59 Å². The molecule has 0 bridgehead atoms. The molecule has 204 valence electrons. The standard InChI is InChI=1S/C28H37N5O5/c1-5-30(6-2)25(34)19-32-20-33(21-10-8-7-9-11-21)28(26(32)35)14-16-31(17-15-28)27(36)29-23-13-12-22(37-3)18-24(23)38-4/h7-13,18H,5-6,14-17,19-20H2,1-4H3,(H,29,36). The number of methoxy groups -OCH3 is 2. The van der Waals surface area contributed by atoms with E-state index in [2.05, 4.69) is 10.2 Å². The second-order valence-electron chi connectivity index (χ2n) is 9.49. The third-order valence-electron chi connectivity index (χ3n) is 7.55. The number of nitrogens with one attached hydrogen (secondary N) is 1. The molecule has 4 rings (SSSR count). The Kier molecular flexibility index (Phi) is 8.29. The van der Waals surface area contributed by atoms with Crippen LogP contribution in [0.3, 0.4) is 0 Å². The largest absolute Gasteiger partial charge is 0.497 e. The number of para-hydroxylation sites is 1. The van der Waals surface area contributed by atoms with Crippen LogP contribution in [0, 0.1) is 0 Å². The zero-order valence-electron chi connectivity index (χ0n) is 22.6. The summed E-state index contributed by atoms with van der Waals surface area (Å²) in [6, 6.07) is 14.8. The van der Waals surface area contributed by atoms with Crippen molar-refractivity contribution in [2.75, 3.05) is 63.8 Å². The molecule has 0 atom stereocenters. The molecule has 2 fully saturated rings. The van der Waals surface area contributed by atoms with Crippen LogP contribution in [-0.2, 0) is 9.59 Å². The SMILES string of the molecule is CCN(CC)C(=O)CN1CN(c2ccccc2)C2(CCN(C(=O)Nc3ccc(OC)cc3OC)CC2)C1=O. The van der Waals surface area contributed by atoms with E-state index in [1.165, 1.54) is 7.11 Å². The van der Waals surface area contributed by atoms with E-state index in [0.717, 1.165) is 5.69 Å². The molecule has 2 aromatic rings. The normalized spacial score (nSPS) is 16.5. The van der Waals surface area contributed by atoms with Crippen molar-refractivity contribution >= 4 is 29.2 Å². The Labute approximate surface area is 224 Å². The highest BCUT2D eigenvalue weighted by Crippen LogP contribution is 2.40. The number of amides is 4. The fourth-order valence-electron chi connectivity index (χ4n) is 5.34. The van der Waals surface area contributed by atoms with Crippen LogP contribution in [0.25, 0.3) is 0 Å². The molecule has 2 aromatic carbocycles. The number of urea groups is 1. The number of carbonyl (C=O) groups is 3. The van der Waals surface area contributed by atoms with E-state index in [1.54, 1.807) is 40.0 Å². The topological polar surface area (TPSA) is 94.7 Å². The molecule has 0 saturated carbocycles. The van der Waals surface area contributed by atoms with Crippen molar-refractivity contribution in [3.63, 3.8) is 0 Å². The van der Waals surface area contributed by atoms with Gasteiger partial charge < -0.3 is 34.4 Å². The molecule has 2 aliphatic rings. The predicted octanol–water partition coefficient (Wildman–Crippen LogP) is 3.25. The Hall–Kier alpha value is -3.95. The summed E-state index contributed by atoms with van der Waals surface area (Å²) < 4.78 is 10.6. The van der Waals surface area contributed by atoms with E-state index in [4.69, 9.17) is 9.47 Å². The molecular weight excluding hydrogens is 486 g/mol. The van der Waals surface area contributed by atoms with E-state index >= 15 is 0 Å². The van der Waals surface area contributed by atoms with Crippen molar-refractivity contribution in [1.82, 2.24) is 14.7 Å². The van der Waals surface area contributed by atoms with Gasteiger partial charge in [-0.1, -0.05) is 18.2 Å². The van der Waals surface area contributed by atoms with Gasteiger partial charge in [-0.2, -0.15) is 0 Å². The van der Waals surface area contributed by atoms with Gasteiger partial charge >= 0.3 is 6.03 Å². The van der Waals surface area contributed by atoms with Crippen LogP contribution in [0.15, 0.2) is 48.5 Å². The monoisotopic (exact) mass is 523 g/mol. The Morgan fingerprint density at radius 2 is 1.68 bits per heavy atom. The molecule has 0 unspecified atom stereocenters. The van der Waals surface area contributed by atoms with E-state index in [0.29, 0.717) is 62.9 Å². The Bertz CT molecular complexity index is 1150. The highest BCUT2D eigenvalue weighted by molar-refractivity contribution is 5.97. The van der Waals surface area contributed by atoms with Crippen molar-refractivity contribution in [3.8, 4) is 11.5 Å². The molecule has 38 heavy (non-hydrogen) atoms. The smallest absolute Gasteiger partial charge is 0.321 e. The number of carbonyl (C=O) groups excluding carboxylic acids is 3. The van der Waals surface area contributed by atoms with Crippen molar-refractivity contribution < 1.29 is 23.9 Å². The van der Waals surface area contributed by atoms with E-state index in [1.807, 2.05) is 44.2 Å². The molecule has 0 aliphatic carbocycles. The fraction of sp³-hybridized carbons (Fsp3) is 0.464. The molecule has 1 spiro atoms. The Balaban J connectivity index is 1.50. The maximum Gasteiger partial charge on any atom is 0.321 e. The van der Waals surface area contributed by atoms with Crippen molar-refractivity contribution in [1.29, 1.82) is 0 Å². The number of nitrogens with zero attached hydrogens (tertiary/aromatic N) is 4. The number of hydrogen-bond donors (Lipinski definition) is 1. The van der Waals surface area contributed by atoms with Crippen LogP contribution in [-0.4, -0.2) is 91.7 Å². The molecule has 2 aliphatic heterocycles. The fourth-order valence-corrected chi connectivity index (χ4v) is 5.34. The summed E-state index contributed by atoms with van der Waals surface area (Å²) in [6.45, 7) is 6.27. The minimum atomic E-state index is -0.806. The number of anilines is 2. The van der Waals surface area contributed by atoms with E-state index in [-0.39, 0.29) is 24.4 Å². The van der Waals surface area contributed by atoms with E-state index < -0.39 is 5.54 Å². The zero-order valence-corrected chi connectivity index (χ0v) is 22.6. The highest BCUT2D eigenvalue weighted by Gasteiger charge is 2.54. The molecule has 10 nitrogen and oxygen atoms in total. The highest BCUT2D eigenvalue weighted by atomic mass is 16.5. The molecule has 2 saturated heterocycles. The van der Waals surface area contributed by atoms with Crippen LogP contribution in [0.2, 0.25) is 0 Å². The number of benzene rings is 2. The van der Waals surface area contributed by atoms with Crippen LogP contribution in [0.4, 0.5) is 16.2 Å². The van der Waals surface area contributed by atoms with Gasteiger partial charge in [0.2, 0.25) is 5.91 Å². The quantitative estimate of drug-likeness (QED) is 0.571. The summed E-state index contributed by atoms with van der Waals surface area (Å²) in [5.41, 5.74) is 0.668. The van der Waals surface area contributed by atoms with Gasteiger partial charge in [0.05, 0.1) is 26.6 Å². The maximum absolute atomic E-state index is 13.9. The lowest BCUT2D eigenvalue weighted by Gasteiger charge is -2.43. The molecule has 4 amide bonds. The maximum atomic E-state index is 13.9. The molecule has 2 heterocycles. The first-order chi connectivity index (χ1) is 18.4. The first kappa shape index (κ1) is 27.1. The van der Waals surface area contributed by atoms with Gasteiger partial charge in [0.15, 0.2) is 0 Å². The second kappa shape index (κ2) is 11.6. The third kappa shape index (κ3) is 5.20. The van der Waals surface area contributed by atoms with Gasteiger partial charge in [0.25, 0.3) is 5.91 Å². The lowest BCUT2D eigenvalue weighted by Crippen LogP contribution is -2.58. The summed E-state index contributed by atoms with van der Waals surface area (Å²) in [5.74, 6) is 1.02. The number of ether oxygens (including phenoxy) is 2. The average Bonchev–Trinajstić information content (AvgIpc) is 3.20. The Morgan fingerprint density at radius 3 is 2.29 bits per heavy atom. The summed E-state index contributed by atoms with van der Waals surface area (Å²) in [7, 11) is 3.11. The van der Waals surface area contributed by atoms with Crippen molar-refractivity contribution in [3.05, 3.63) is 48.5 Å². The first-order valence-corrected chi connectivity index (χ1v) is 13.0. The number of likely N-dealkylation sites (N-methyl/N-ethyl adjacent to an activating group) is 1. The van der Waals surface area contributed by atoms with Crippen LogP contribution >= 0.6 is 0 Å². The number of rotatable bonds is 8. The number of hydrogen-bond acceptors (Lipinski definition) is 6. The van der Waals surface area contributed by atoms with Crippen LogP contribution < -0.4 is 19.7 Å². The summed E-state index contributed by atoms with van der Waals surface area (Å²) in [4.78, 5) is 47.1. The van der Waals surface area contributed by atoms with Gasteiger partial charge in [0, 0.05) is 37.9 Å². The van der Waals surface area contributed by atoms with Gasteiger partial charge in [-0.25, -0.2) is 4.79 Å². The molecular formula is C28H37N5O5. The third-order valence-corrected chi connectivity index (χ3v) is 7.55. The molecule has 1 N–H and O–H groups in total. The molecule has 0 radical (unpaired) electrons. The van der Waals surface area contributed by atoms with Gasteiger partial charge in [-0.05, 0) is 51.0 Å². The summed E-state index contributed by atoms with van der Waals surface area (Å²) in [6.07, 6.45) is 0.924. The van der Waals surface area contributed by atoms with Crippen molar-refractivity contribution in [2.24, 2.45) is 0 Å². The average molecular weight is 524 g/mol. The zero-order chi connectivity index (χ0) is 27.3. The van der Waals surface area contributed by atoms with Crippen molar-refractivity contribution in [2.45, 2.75) is 32.2 Å². The minimum Gasteiger partial charge on any atom is -0.497 e. The Morgan fingerprint density at radius 1 is 1.00 bits per heavy atom. The lowest BCUT2D eigenvalue weighted by molar-refractivity contribution is -0.140. The first-order valence-electron chi connectivity index (χ1n) is 13.0.